The average molecular weight is 524 g/mol. The predicted octanol–water partition coefficient (Wildman–Crippen LogP) is 4.96. The Morgan fingerprint density at radius 2 is 1.71 bits per heavy atom. The van der Waals surface area contributed by atoms with Crippen molar-refractivity contribution in [3.63, 3.8) is 0 Å². The molecule has 1 saturated heterocycles. The summed E-state index contributed by atoms with van der Waals surface area (Å²) in [5.74, 6) is -0.237. The summed E-state index contributed by atoms with van der Waals surface area (Å²) in [6.45, 7) is 0.741. The number of hydrogen-bond donors (Lipinski definition) is 2. The number of amides is 1. The van der Waals surface area contributed by atoms with Gasteiger partial charge in [-0.05, 0) is 55.3 Å². The molecule has 2 heterocycles. The topological polar surface area (TPSA) is 78.5 Å². The van der Waals surface area contributed by atoms with Crippen LogP contribution in [0.15, 0.2) is 70.9 Å². The van der Waals surface area contributed by atoms with Crippen molar-refractivity contribution in [2.24, 2.45) is 0 Å². The van der Waals surface area contributed by atoms with E-state index in [0.29, 0.717) is 29.0 Å². The van der Waals surface area contributed by atoms with Crippen LogP contribution in [0.4, 0.5) is 18.9 Å². The van der Waals surface area contributed by atoms with Crippen LogP contribution in [-0.4, -0.2) is 37.8 Å². The van der Waals surface area contributed by atoms with Crippen molar-refractivity contribution in [1.82, 2.24) is 9.62 Å². The Labute approximate surface area is 205 Å². The van der Waals surface area contributed by atoms with E-state index in [9.17, 15) is 26.4 Å². The summed E-state index contributed by atoms with van der Waals surface area (Å²) >= 11 is 1.11. The molecule has 0 radical (unpaired) electrons. The third-order valence-electron chi connectivity index (χ3n) is 5.70. The fourth-order valence-electron chi connectivity index (χ4n) is 3.84. The SMILES string of the molecule is O=C(NCc1ccc(S(=O)(=O)N2CCC(Nc3cccc(C(F)(F)F)c3)CC2)s1)c1ccccc1. The van der Waals surface area contributed by atoms with Crippen LogP contribution in [0.2, 0.25) is 0 Å². The van der Waals surface area contributed by atoms with E-state index in [1.807, 2.05) is 6.07 Å². The average Bonchev–Trinajstić information content (AvgIpc) is 3.33. The largest absolute Gasteiger partial charge is 0.416 e. The van der Waals surface area contributed by atoms with Crippen LogP contribution >= 0.6 is 11.3 Å². The molecule has 0 atom stereocenters. The lowest BCUT2D eigenvalue weighted by molar-refractivity contribution is -0.137. The van der Waals surface area contributed by atoms with E-state index >= 15 is 0 Å². The van der Waals surface area contributed by atoms with Crippen molar-refractivity contribution >= 4 is 33.0 Å². The van der Waals surface area contributed by atoms with Crippen LogP contribution < -0.4 is 10.6 Å². The Kier molecular flexibility index (Phi) is 7.48. The van der Waals surface area contributed by atoms with Gasteiger partial charge in [0, 0.05) is 35.3 Å². The number of rotatable bonds is 7. The Morgan fingerprint density at radius 1 is 1.00 bits per heavy atom. The number of benzene rings is 2. The molecular formula is C24H24F3N3O3S2. The fraction of sp³-hybridized carbons (Fsp3) is 0.292. The Bertz CT molecular complexity index is 1270. The van der Waals surface area contributed by atoms with Gasteiger partial charge in [-0.15, -0.1) is 11.3 Å². The maximum atomic E-state index is 13.1. The van der Waals surface area contributed by atoms with Crippen LogP contribution in [0.5, 0.6) is 0 Å². The maximum absolute atomic E-state index is 13.1. The molecule has 2 aromatic carbocycles. The van der Waals surface area contributed by atoms with E-state index in [1.165, 1.54) is 16.4 Å². The van der Waals surface area contributed by atoms with Gasteiger partial charge in [0.15, 0.2) is 0 Å². The van der Waals surface area contributed by atoms with Gasteiger partial charge in [0.05, 0.1) is 12.1 Å². The molecule has 0 unspecified atom stereocenters. The van der Waals surface area contributed by atoms with Gasteiger partial charge in [0.1, 0.15) is 4.21 Å². The smallest absolute Gasteiger partial charge is 0.382 e. The molecule has 0 saturated carbocycles. The Balaban J connectivity index is 1.32. The number of thiophene rings is 1. The molecule has 4 rings (SSSR count). The highest BCUT2D eigenvalue weighted by Crippen LogP contribution is 2.32. The van der Waals surface area contributed by atoms with Gasteiger partial charge in [-0.25, -0.2) is 8.42 Å². The van der Waals surface area contributed by atoms with Crippen molar-refractivity contribution in [1.29, 1.82) is 0 Å². The summed E-state index contributed by atoms with van der Waals surface area (Å²) in [4.78, 5) is 12.9. The first-order valence-electron chi connectivity index (χ1n) is 11.0. The van der Waals surface area contributed by atoms with Crippen LogP contribution in [-0.2, 0) is 22.7 Å². The molecule has 11 heteroatoms. The number of anilines is 1. The minimum atomic E-state index is -4.42. The Morgan fingerprint density at radius 3 is 2.40 bits per heavy atom. The zero-order chi connectivity index (χ0) is 25.1. The zero-order valence-corrected chi connectivity index (χ0v) is 20.2. The summed E-state index contributed by atoms with van der Waals surface area (Å²) in [7, 11) is -3.69. The molecule has 1 fully saturated rings. The van der Waals surface area contributed by atoms with Gasteiger partial charge in [-0.3, -0.25) is 4.79 Å². The van der Waals surface area contributed by atoms with Crippen LogP contribution in [0.3, 0.4) is 0 Å². The molecule has 1 aliphatic heterocycles. The van der Waals surface area contributed by atoms with Gasteiger partial charge in [0.2, 0.25) is 0 Å². The van der Waals surface area contributed by atoms with E-state index in [2.05, 4.69) is 10.6 Å². The monoisotopic (exact) mass is 523 g/mol. The number of alkyl halides is 3. The number of piperidine rings is 1. The second kappa shape index (κ2) is 10.4. The molecule has 35 heavy (non-hydrogen) atoms. The number of nitrogens with zero attached hydrogens (tertiary/aromatic N) is 1. The minimum Gasteiger partial charge on any atom is -0.382 e. The molecule has 0 bridgehead atoms. The molecule has 1 aliphatic rings. The van der Waals surface area contributed by atoms with Gasteiger partial charge >= 0.3 is 6.18 Å². The van der Waals surface area contributed by atoms with Crippen molar-refractivity contribution < 1.29 is 26.4 Å². The van der Waals surface area contributed by atoms with Crippen LogP contribution in [0.1, 0.15) is 33.6 Å². The molecular weight excluding hydrogens is 499 g/mol. The standard InChI is InChI=1S/C24H24F3N3O3S2/c25-24(26,27)18-7-4-8-20(15-18)29-19-11-13-30(14-12-19)35(32,33)22-10-9-21(34-22)16-28-23(31)17-5-2-1-3-6-17/h1-10,15,19,29H,11-14,16H2,(H,28,31). The number of sulfonamides is 1. The lowest BCUT2D eigenvalue weighted by Gasteiger charge is -2.32. The summed E-state index contributed by atoms with van der Waals surface area (Å²) in [6.07, 6.45) is -3.47. The van der Waals surface area contributed by atoms with E-state index in [0.717, 1.165) is 23.5 Å². The van der Waals surface area contributed by atoms with Crippen molar-refractivity contribution in [3.8, 4) is 0 Å². The summed E-state index contributed by atoms with van der Waals surface area (Å²) in [5.41, 5.74) is 0.163. The van der Waals surface area contributed by atoms with Crippen molar-refractivity contribution in [2.45, 2.75) is 35.8 Å². The van der Waals surface area contributed by atoms with Crippen molar-refractivity contribution in [3.05, 3.63) is 82.7 Å². The fourth-order valence-corrected chi connectivity index (χ4v) is 6.76. The highest BCUT2D eigenvalue weighted by molar-refractivity contribution is 7.91. The molecule has 186 valence electrons. The van der Waals surface area contributed by atoms with Crippen LogP contribution in [0.25, 0.3) is 0 Å². The first kappa shape index (κ1) is 25.2. The van der Waals surface area contributed by atoms with Crippen LogP contribution in [0, 0.1) is 0 Å². The highest BCUT2D eigenvalue weighted by Gasteiger charge is 2.32. The number of nitrogens with one attached hydrogen (secondary N) is 2. The number of hydrogen-bond acceptors (Lipinski definition) is 5. The van der Waals surface area contributed by atoms with E-state index < -0.39 is 21.8 Å². The third kappa shape index (κ3) is 6.22. The summed E-state index contributed by atoms with van der Waals surface area (Å²) in [5, 5.41) is 5.88. The molecule has 2 N–H and O–H groups in total. The van der Waals surface area contributed by atoms with E-state index in [1.54, 1.807) is 36.4 Å². The van der Waals surface area contributed by atoms with E-state index in [-0.39, 0.29) is 35.8 Å². The summed E-state index contributed by atoms with van der Waals surface area (Å²) in [6, 6.07) is 16.8. The molecule has 1 amide bonds. The van der Waals surface area contributed by atoms with Gasteiger partial charge < -0.3 is 10.6 Å². The predicted molar refractivity (Wildman–Crippen MR) is 129 cm³/mol. The molecule has 6 nitrogen and oxygen atoms in total. The molecule has 1 aromatic heterocycles. The maximum Gasteiger partial charge on any atom is 0.416 e. The summed E-state index contributed by atoms with van der Waals surface area (Å²) < 4.78 is 66.6. The molecule has 0 spiro atoms. The third-order valence-corrected chi connectivity index (χ3v) is 9.16. The second-order valence-electron chi connectivity index (χ2n) is 8.17. The first-order valence-corrected chi connectivity index (χ1v) is 13.2. The zero-order valence-electron chi connectivity index (χ0n) is 18.6. The van der Waals surface area contributed by atoms with Gasteiger partial charge in [-0.1, -0.05) is 24.3 Å². The second-order valence-corrected chi connectivity index (χ2v) is 11.5. The molecule has 0 aliphatic carbocycles. The lowest BCUT2D eigenvalue weighted by atomic mass is 10.1. The van der Waals surface area contributed by atoms with Gasteiger partial charge in [-0.2, -0.15) is 17.5 Å². The normalized spacial score (nSPS) is 15.6. The number of carbonyl (C=O) groups is 1. The quantitative estimate of drug-likeness (QED) is 0.459. The molecule has 3 aromatic rings. The van der Waals surface area contributed by atoms with Crippen molar-refractivity contribution in [2.75, 3.05) is 18.4 Å². The number of halogens is 3. The highest BCUT2D eigenvalue weighted by atomic mass is 32.2. The lowest BCUT2D eigenvalue weighted by Crippen LogP contribution is -2.42. The van der Waals surface area contributed by atoms with E-state index in [4.69, 9.17) is 0 Å². The minimum absolute atomic E-state index is 0.128. The number of carbonyl (C=O) groups excluding carboxylic acids is 1. The van der Waals surface area contributed by atoms with Gasteiger partial charge in [0.25, 0.3) is 15.9 Å². The first-order chi connectivity index (χ1) is 16.6. The Hall–Kier alpha value is -2.89.